The van der Waals surface area contributed by atoms with Crippen LogP contribution in [0.15, 0.2) is 30.5 Å². The van der Waals surface area contributed by atoms with E-state index in [9.17, 15) is 9.18 Å². The summed E-state index contributed by atoms with van der Waals surface area (Å²) in [5, 5.41) is 3.52. The molecule has 2 aromatic rings. The molecule has 1 unspecified atom stereocenters. The molecule has 1 atom stereocenters. The Bertz CT molecular complexity index is 724. The fourth-order valence-corrected chi connectivity index (χ4v) is 4.37. The highest BCUT2D eigenvalue weighted by Crippen LogP contribution is 2.30. The van der Waals surface area contributed by atoms with Crippen molar-refractivity contribution in [3.63, 3.8) is 0 Å². The lowest BCUT2D eigenvalue weighted by Gasteiger charge is -2.44. The molecule has 5 rings (SSSR count). The van der Waals surface area contributed by atoms with Crippen LogP contribution in [-0.2, 0) is 0 Å². The van der Waals surface area contributed by atoms with E-state index in [2.05, 4.69) is 15.2 Å². The predicted octanol–water partition coefficient (Wildman–Crippen LogP) is 2.77. The summed E-state index contributed by atoms with van der Waals surface area (Å²) >= 11 is 1.24. The van der Waals surface area contributed by atoms with Crippen LogP contribution in [0.5, 0.6) is 0 Å². The summed E-state index contributed by atoms with van der Waals surface area (Å²) in [5.41, 5.74) is 0.492. The summed E-state index contributed by atoms with van der Waals surface area (Å²) in [7, 11) is 0. The first-order valence-corrected chi connectivity index (χ1v) is 8.76. The van der Waals surface area contributed by atoms with Gasteiger partial charge < -0.3 is 10.2 Å². The molecule has 2 bridgehead atoms. The number of amides is 1. The van der Waals surface area contributed by atoms with Crippen LogP contribution in [0, 0.1) is 11.7 Å². The van der Waals surface area contributed by atoms with Crippen LogP contribution in [-0.4, -0.2) is 41.5 Å². The number of carbonyl (C=O) groups is 1. The molecule has 1 aromatic heterocycles. The number of piperidine rings is 3. The van der Waals surface area contributed by atoms with E-state index in [1.807, 2.05) is 0 Å². The average molecular weight is 331 g/mol. The van der Waals surface area contributed by atoms with Crippen molar-refractivity contribution in [1.29, 1.82) is 0 Å². The number of benzene rings is 1. The van der Waals surface area contributed by atoms with Gasteiger partial charge in [-0.2, -0.15) is 0 Å². The molecule has 0 aliphatic carbocycles. The van der Waals surface area contributed by atoms with Gasteiger partial charge in [-0.15, -0.1) is 11.3 Å². The van der Waals surface area contributed by atoms with E-state index in [4.69, 9.17) is 0 Å². The van der Waals surface area contributed by atoms with Crippen molar-refractivity contribution in [2.45, 2.75) is 18.9 Å². The Kier molecular flexibility index (Phi) is 3.87. The van der Waals surface area contributed by atoms with Crippen molar-refractivity contribution >= 4 is 17.2 Å². The fraction of sp³-hybridized carbons (Fsp3) is 0.412. The van der Waals surface area contributed by atoms with Gasteiger partial charge in [-0.05, 0) is 37.9 Å². The molecule has 1 aromatic carbocycles. The van der Waals surface area contributed by atoms with Gasteiger partial charge in [0.05, 0.1) is 4.88 Å². The van der Waals surface area contributed by atoms with Gasteiger partial charge in [0.25, 0.3) is 5.91 Å². The molecule has 1 amide bonds. The molecule has 0 spiro atoms. The van der Waals surface area contributed by atoms with Gasteiger partial charge in [-0.1, -0.05) is 18.2 Å². The number of aromatic nitrogens is 1. The highest BCUT2D eigenvalue weighted by atomic mass is 32.1. The average Bonchev–Trinajstić information content (AvgIpc) is 3.06. The summed E-state index contributed by atoms with van der Waals surface area (Å²) in [4.78, 5) is 19.7. The number of nitrogens with one attached hydrogen (secondary N) is 1. The molecule has 120 valence electrons. The van der Waals surface area contributed by atoms with Crippen molar-refractivity contribution in [3.8, 4) is 10.4 Å². The molecule has 3 aliphatic rings. The SMILES string of the molecule is O=C(NC1CN2CCC1CC2)c1ncc(-c2ccccc2F)s1. The Labute approximate surface area is 138 Å². The van der Waals surface area contributed by atoms with Crippen LogP contribution < -0.4 is 5.32 Å². The second kappa shape index (κ2) is 6.02. The number of nitrogens with zero attached hydrogens (tertiary/aromatic N) is 2. The molecule has 1 N–H and O–H groups in total. The number of hydrogen-bond acceptors (Lipinski definition) is 4. The first-order valence-electron chi connectivity index (χ1n) is 7.94. The van der Waals surface area contributed by atoms with E-state index >= 15 is 0 Å². The second-order valence-electron chi connectivity index (χ2n) is 6.23. The molecule has 3 saturated heterocycles. The van der Waals surface area contributed by atoms with Crippen molar-refractivity contribution < 1.29 is 9.18 Å². The Hall–Kier alpha value is -1.79. The van der Waals surface area contributed by atoms with Gasteiger partial charge in [0.15, 0.2) is 5.01 Å². The zero-order valence-corrected chi connectivity index (χ0v) is 13.5. The minimum atomic E-state index is -0.291. The first-order chi connectivity index (χ1) is 11.2. The molecule has 6 heteroatoms. The molecular weight excluding hydrogens is 313 g/mol. The zero-order chi connectivity index (χ0) is 15.8. The standard InChI is InChI=1S/C17H18FN3OS/c18-13-4-2-1-3-12(13)15-9-19-17(23-15)16(22)20-14-10-21-7-5-11(14)6-8-21/h1-4,9,11,14H,5-8,10H2,(H,20,22). The Morgan fingerprint density at radius 2 is 2.09 bits per heavy atom. The normalized spacial score (nSPS) is 26.2. The van der Waals surface area contributed by atoms with Crippen molar-refractivity contribution in [2.75, 3.05) is 19.6 Å². The Balaban J connectivity index is 1.48. The van der Waals surface area contributed by atoms with Gasteiger partial charge in [0, 0.05) is 24.3 Å². The molecule has 0 radical (unpaired) electrons. The van der Waals surface area contributed by atoms with Crippen molar-refractivity contribution in [2.24, 2.45) is 5.92 Å². The minimum absolute atomic E-state index is 0.142. The molecule has 3 fully saturated rings. The van der Waals surface area contributed by atoms with Crippen molar-refractivity contribution in [1.82, 2.24) is 15.2 Å². The maximum absolute atomic E-state index is 13.8. The topological polar surface area (TPSA) is 45.2 Å². The third-order valence-corrected chi connectivity index (χ3v) is 5.84. The first kappa shape index (κ1) is 14.8. The monoisotopic (exact) mass is 331 g/mol. The van der Waals surface area contributed by atoms with E-state index in [0.717, 1.165) is 32.5 Å². The van der Waals surface area contributed by atoms with Crippen LogP contribution in [0.25, 0.3) is 10.4 Å². The van der Waals surface area contributed by atoms with Gasteiger partial charge in [-0.25, -0.2) is 9.37 Å². The number of thiazole rings is 1. The number of carbonyl (C=O) groups excluding carboxylic acids is 1. The van der Waals surface area contributed by atoms with Crippen LogP contribution in [0.3, 0.4) is 0 Å². The Morgan fingerprint density at radius 3 is 2.78 bits per heavy atom. The second-order valence-corrected chi connectivity index (χ2v) is 7.26. The lowest BCUT2D eigenvalue weighted by Crippen LogP contribution is -2.57. The summed E-state index contributed by atoms with van der Waals surface area (Å²) in [6, 6.07) is 6.78. The summed E-state index contributed by atoms with van der Waals surface area (Å²) in [5.74, 6) is 0.145. The third kappa shape index (κ3) is 2.88. The molecule has 3 aliphatic heterocycles. The maximum atomic E-state index is 13.8. The van der Waals surface area contributed by atoms with Gasteiger partial charge in [-0.3, -0.25) is 4.79 Å². The number of fused-ring (bicyclic) bond motifs is 3. The van der Waals surface area contributed by atoms with E-state index in [1.165, 1.54) is 17.4 Å². The predicted molar refractivity (Wildman–Crippen MR) is 87.9 cm³/mol. The van der Waals surface area contributed by atoms with E-state index in [-0.39, 0.29) is 17.8 Å². The van der Waals surface area contributed by atoms with Crippen LogP contribution >= 0.6 is 11.3 Å². The van der Waals surface area contributed by atoms with E-state index in [0.29, 0.717) is 21.4 Å². The van der Waals surface area contributed by atoms with Crippen molar-refractivity contribution in [3.05, 3.63) is 41.3 Å². The quantitative estimate of drug-likeness (QED) is 0.941. The molecule has 4 nitrogen and oxygen atoms in total. The van der Waals surface area contributed by atoms with Crippen LogP contribution in [0.1, 0.15) is 22.6 Å². The van der Waals surface area contributed by atoms with Crippen LogP contribution in [0.2, 0.25) is 0 Å². The highest BCUT2D eigenvalue weighted by Gasteiger charge is 2.35. The van der Waals surface area contributed by atoms with Crippen LogP contribution in [0.4, 0.5) is 4.39 Å². The third-order valence-electron chi connectivity index (χ3n) is 4.81. The van der Waals surface area contributed by atoms with Gasteiger partial charge in [0.2, 0.25) is 0 Å². The number of hydrogen-bond donors (Lipinski definition) is 1. The molecular formula is C17H18FN3OS. The van der Waals surface area contributed by atoms with Gasteiger partial charge >= 0.3 is 0 Å². The minimum Gasteiger partial charge on any atom is -0.346 e. The maximum Gasteiger partial charge on any atom is 0.280 e. The van der Waals surface area contributed by atoms with E-state index < -0.39 is 0 Å². The summed E-state index contributed by atoms with van der Waals surface area (Å²) < 4.78 is 13.8. The molecule has 23 heavy (non-hydrogen) atoms. The lowest BCUT2D eigenvalue weighted by molar-refractivity contribution is 0.0620. The fourth-order valence-electron chi connectivity index (χ4n) is 3.52. The highest BCUT2D eigenvalue weighted by molar-refractivity contribution is 7.17. The zero-order valence-electron chi connectivity index (χ0n) is 12.7. The summed E-state index contributed by atoms with van der Waals surface area (Å²) in [6.45, 7) is 3.22. The smallest absolute Gasteiger partial charge is 0.280 e. The largest absolute Gasteiger partial charge is 0.346 e. The number of rotatable bonds is 3. The lowest BCUT2D eigenvalue weighted by atomic mass is 9.84. The molecule has 0 saturated carbocycles. The molecule has 4 heterocycles. The Morgan fingerprint density at radius 1 is 1.30 bits per heavy atom. The summed E-state index contributed by atoms with van der Waals surface area (Å²) in [6.07, 6.45) is 3.89. The van der Waals surface area contributed by atoms with E-state index in [1.54, 1.807) is 24.4 Å². The number of halogens is 1. The van der Waals surface area contributed by atoms with Gasteiger partial charge in [0.1, 0.15) is 5.82 Å².